The Labute approximate surface area is 172 Å². The van der Waals surface area contributed by atoms with E-state index in [0.717, 1.165) is 62.1 Å². The molecule has 0 atom stereocenters. The van der Waals surface area contributed by atoms with E-state index in [4.69, 9.17) is 9.72 Å². The molecule has 0 bridgehead atoms. The molecule has 150 valence electrons. The number of rotatable bonds is 7. The van der Waals surface area contributed by atoms with Gasteiger partial charge in [-0.1, -0.05) is 12.1 Å². The molecular formula is C23H27N5O. The molecule has 2 aromatic heterocycles. The van der Waals surface area contributed by atoms with Crippen LogP contribution in [0.4, 0.5) is 0 Å². The van der Waals surface area contributed by atoms with Gasteiger partial charge in [-0.05, 0) is 42.8 Å². The van der Waals surface area contributed by atoms with E-state index in [1.54, 1.807) is 12.4 Å². The third kappa shape index (κ3) is 5.37. The van der Waals surface area contributed by atoms with Gasteiger partial charge in [-0.25, -0.2) is 9.97 Å². The first-order valence-corrected chi connectivity index (χ1v) is 10.2. The molecule has 1 saturated heterocycles. The van der Waals surface area contributed by atoms with Crippen LogP contribution in [0.15, 0.2) is 61.1 Å². The maximum absolute atomic E-state index is 5.52. The molecule has 4 rings (SSSR count). The van der Waals surface area contributed by atoms with E-state index >= 15 is 0 Å². The topological polar surface area (TPSA) is 54.4 Å². The minimum Gasteiger partial charge on any atom is -0.494 e. The van der Waals surface area contributed by atoms with E-state index in [0.29, 0.717) is 6.61 Å². The minimum atomic E-state index is 0.706. The smallest absolute Gasteiger partial charge is 0.160 e. The lowest BCUT2D eigenvalue weighted by molar-refractivity contribution is 0.121. The molecular weight excluding hydrogens is 362 g/mol. The summed E-state index contributed by atoms with van der Waals surface area (Å²) in [5, 5.41) is 0. The van der Waals surface area contributed by atoms with Crippen LogP contribution >= 0.6 is 0 Å². The summed E-state index contributed by atoms with van der Waals surface area (Å²) in [4.78, 5) is 18.3. The molecule has 1 aromatic carbocycles. The molecule has 3 aromatic rings. The van der Waals surface area contributed by atoms with E-state index in [9.17, 15) is 0 Å². The van der Waals surface area contributed by atoms with Crippen LogP contribution in [0, 0.1) is 0 Å². The first-order valence-electron chi connectivity index (χ1n) is 10.2. The van der Waals surface area contributed by atoms with Gasteiger partial charge < -0.3 is 4.74 Å². The number of aromatic nitrogens is 3. The van der Waals surface area contributed by atoms with E-state index in [1.165, 1.54) is 5.56 Å². The zero-order chi connectivity index (χ0) is 19.9. The van der Waals surface area contributed by atoms with Crippen molar-refractivity contribution in [3.05, 3.63) is 72.3 Å². The average molecular weight is 390 g/mol. The monoisotopic (exact) mass is 389 g/mol. The van der Waals surface area contributed by atoms with Crippen LogP contribution in [0.25, 0.3) is 11.4 Å². The van der Waals surface area contributed by atoms with Gasteiger partial charge in [0.25, 0.3) is 0 Å². The van der Waals surface area contributed by atoms with Crippen molar-refractivity contribution < 1.29 is 4.74 Å². The predicted molar refractivity (Wildman–Crippen MR) is 113 cm³/mol. The Morgan fingerprint density at radius 2 is 1.66 bits per heavy atom. The third-order valence-corrected chi connectivity index (χ3v) is 5.12. The minimum absolute atomic E-state index is 0.706. The summed E-state index contributed by atoms with van der Waals surface area (Å²) in [7, 11) is 0. The highest BCUT2D eigenvalue weighted by Crippen LogP contribution is 2.16. The molecule has 0 N–H and O–H groups in total. The average Bonchev–Trinajstić information content (AvgIpc) is 2.78. The zero-order valence-electron chi connectivity index (χ0n) is 16.9. The van der Waals surface area contributed by atoms with E-state index in [-0.39, 0.29) is 0 Å². The SMILES string of the molecule is CCOc1ccc(CN2CCN(Cc3ccnc(-c4cccnc4)n3)CC2)cc1. The fourth-order valence-electron chi connectivity index (χ4n) is 3.57. The van der Waals surface area contributed by atoms with Crippen molar-refractivity contribution in [3.8, 4) is 17.1 Å². The van der Waals surface area contributed by atoms with Gasteiger partial charge in [0, 0.05) is 63.4 Å². The summed E-state index contributed by atoms with van der Waals surface area (Å²) >= 11 is 0. The van der Waals surface area contributed by atoms with Crippen molar-refractivity contribution in [2.24, 2.45) is 0 Å². The van der Waals surface area contributed by atoms with Crippen molar-refractivity contribution in [1.82, 2.24) is 24.8 Å². The van der Waals surface area contributed by atoms with Crippen LogP contribution in [-0.2, 0) is 13.1 Å². The summed E-state index contributed by atoms with van der Waals surface area (Å²) in [5.74, 6) is 1.68. The van der Waals surface area contributed by atoms with Gasteiger partial charge in [-0.15, -0.1) is 0 Å². The summed E-state index contributed by atoms with van der Waals surface area (Å²) < 4.78 is 5.52. The van der Waals surface area contributed by atoms with Gasteiger partial charge in [-0.2, -0.15) is 0 Å². The van der Waals surface area contributed by atoms with Gasteiger partial charge in [0.15, 0.2) is 5.82 Å². The Morgan fingerprint density at radius 3 is 2.34 bits per heavy atom. The first kappa shape index (κ1) is 19.5. The number of hydrogen-bond acceptors (Lipinski definition) is 6. The third-order valence-electron chi connectivity index (χ3n) is 5.12. The van der Waals surface area contributed by atoms with E-state index in [2.05, 4.69) is 44.0 Å². The standard InChI is InChI=1S/C23H27N5O/c1-2-29-22-7-5-19(6-8-22)17-27-12-14-28(15-13-27)18-21-9-11-25-23(26-21)20-4-3-10-24-16-20/h3-11,16H,2,12-15,17-18H2,1H3. The first-order chi connectivity index (χ1) is 14.3. The molecule has 1 fully saturated rings. The largest absolute Gasteiger partial charge is 0.494 e. The zero-order valence-corrected chi connectivity index (χ0v) is 16.9. The summed E-state index contributed by atoms with van der Waals surface area (Å²) in [6, 6.07) is 14.4. The highest BCUT2D eigenvalue weighted by molar-refractivity contribution is 5.52. The molecule has 0 aliphatic carbocycles. The molecule has 6 nitrogen and oxygen atoms in total. The van der Waals surface area contributed by atoms with Crippen molar-refractivity contribution >= 4 is 0 Å². The molecule has 0 spiro atoms. The maximum Gasteiger partial charge on any atom is 0.160 e. The lowest BCUT2D eigenvalue weighted by Gasteiger charge is -2.34. The number of ether oxygens (including phenoxy) is 1. The Morgan fingerprint density at radius 1 is 0.897 bits per heavy atom. The second kappa shape index (κ2) is 9.58. The quantitative estimate of drug-likeness (QED) is 0.618. The molecule has 1 aliphatic heterocycles. The van der Waals surface area contributed by atoms with Crippen LogP contribution in [0.3, 0.4) is 0 Å². The number of nitrogens with zero attached hydrogens (tertiary/aromatic N) is 5. The highest BCUT2D eigenvalue weighted by Gasteiger charge is 2.18. The Bertz CT molecular complexity index is 893. The van der Waals surface area contributed by atoms with Crippen molar-refractivity contribution in [1.29, 1.82) is 0 Å². The second-order valence-corrected chi connectivity index (χ2v) is 7.24. The number of piperazine rings is 1. The van der Waals surface area contributed by atoms with Crippen LogP contribution in [-0.4, -0.2) is 57.5 Å². The van der Waals surface area contributed by atoms with Crippen LogP contribution in [0.1, 0.15) is 18.2 Å². The second-order valence-electron chi connectivity index (χ2n) is 7.24. The Balaban J connectivity index is 1.29. The van der Waals surface area contributed by atoms with E-state index < -0.39 is 0 Å². The van der Waals surface area contributed by atoms with Gasteiger partial charge in [0.1, 0.15) is 5.75 Å². The number of pyridine rings is 1. The van der Waals surface area contributed by atoms with Crippen LogP contribution in [0.2, 0.25) is 0 Å². The van der Waals surface area contributed by atoms with Crippen molar-refractivity contribution in [2.75, 3.05) is 32.8 Å². The normalized spacial score (nSPS) is 15.3. The molecule has 0 saturated carbocycles. The fraction of sp³-hybridized carbons (Fsp3) is 0.348. The Hall–Kier alpha value is -2.83. The lowest BCUT2D eigenvalue weighted by Crippen LogP contribution is -2.45. The van der Waals surface area contributed by atoms with Crippen molar-refractivity contribution in [2.45, 2.75) is 20.0 Å². The molecule has 0 unspecified atom stereocenters. The summed E-state index contributed by atoms with van der Waals surface area (Å²) in [6.07, 6.45) is 5.41. The molecule has 3 heterocycles. The van der Waals surface area contributed by atoms with Crippen LogP contribution < -0.4 is 4.74 Å². The maximum atomic E-state index is 5.52. The van der Waals surface area contributed by atoms with E-state index in [1.807, 2.05) is 31.3 Å². The van der Waals surface area contributed by atoms with Gasteiger partial charge >= 0.3 is 0 Å². The summed E-state index contributed by atoms with van der Waals surface area (Å²) in [5.41, 5.74) is 3.34. The number of hydrogen-bond donors (Lipinski definition) is 0. The van der Waals surface area contributed by atoms with Gasteiger partial charge in [-0.3, -0.25) is 14.8 Å². The Kier molecular flexibility index (Phi) is 6.44. The predicted octanol–water partition coefficient (Wildman–Crippen LogP) is 3.26. The molecule has 29 heavy (non-hydrogen) atoms. The molecule has 6 heteroatoms. The lowest BCUT2D eigenvalue weighted by atomic mass is 10.2. The number of benzene rings is 1. The van der Waals surface area contributed by atoms with Crippen LogP contribution in [0.5, 0.6) is 5.75 Å². The summed E-state index contributed by atoms with van der Waals surface area (Å²) in [6.45, 7) is 8.77. The molecule has 0 radical (unpaired) electrons. The highest BCUT2D eigenvalue weighted by atomic mass is 16.5. The fourth-order valence-corrected chi connectivity index (χ4v) is 3.57. The molecule has 0 amide bonds. The van der Waals surface area contributed by atoms with Gasteiger partial charge in [0.05, 0.1) is 12.3 Å². The van der Waals surface area contributed by atoms with Crippen molar-refractivity contribution in [3.63, 3.8) is 0 Å². The molecule has 1 aliphatic rings. The van der Waals surface area contributed by atoms with Gasteiger partial charge in [0.2, 0.25) is 0 Å².